The number of carbonyl (C=O) groups is 3. The molecule has 212 valence electrons. The summed E-state index contributed by atoms with van der Waals surface area (Å²) in [6, 6.07) is 0. The summed E-state index contributed by atoms with van der Waals surface area (Å²) in [7, 11) is 0. The van der Waals surface area contributed by atoms with Crippen molar-refractivity contribution in [2.24, 2.45) is 22.7 Å². The summed E-state index contributed by atoms with van der Waals surface area (Å²) in [5.74, 6) is -1.57. The lowest BCUT2D eigenvalue weighted by atomic mass is 9.45. The molecular formula is C30H44O8. The van der Waals surface area contributed by atoms with Crippen LogP contribution in [0, 0.1) is 22.7 Å². The summed E-state index contributed by atoms with van der Waals surface area (Å²) in [5, 5.41) is 11.8. The highest BCUT2D eigenvalue weighted by atomic mass is 16.8. The molecular weight excluding hydrogens is 488 g/mol. The number of ether oxygens (including phenoxy) is 4. The molecule has 0 radical (unpaired) electrons. The normalized spacial score (nSPS) is 36.4. The van der Waals surface area contributed by atoms with Crippen LogP contribution in [0.4, 0.5) is 0 Å². The molecule has 3 rings (SSSR count). The second kappa shape index (κ2) is 12.2. The van der Waals surface area contributed by atoms with Crippen LogP contribution >= 0.6 is 0 Å². The van der Waals surface area contributed by atoms with Crippen LogP contribution < -0.4 is 0 Å². The summed E-state index contributed by atoms with van der Waals surface area (Å²) in [4.78, 5) is 37.4. The fourth-order valence-electron chi connectivity index (χ4n) is 6.53. The quantitative estimate of drug-likeness (QED) is 0.178. The highest BCUT2D eigenvalue weighted by Gasteiger charge is 2.71. The Morgan fingerprint density at radius 2 is 1.74 bits per heavy atom. The first kappa shape index (κ1) is 30.1. The first-order valence-electron chi connectivity index (χ1n) is 13.8. The van der Waals surface area contributed by atoms with Crippen LogP contribution in [0.2, 0.25) is 0 Å². The Morgan fingerprint density at radius 1 is 1.11 bits per heavy atom. The lowest BCUT2D eigenvalue weighted by Gasteiger charge is -2.60. The summed E-state index contributed by atoms with van der Waals surface area (Å²) in [5.41, 5.74) is -0.0219. The molecule has 2 fully saturated rings. The molecule has 3 aliphatic rings. The van der Waals surface area contributed by atoms with Crippen molar-refractivity contribution in [3.63, 3.8) is 0 Å². The van der Waals surface area contributed by atoms with Crippen LogP contribution in [0.1, 0.15) is 86.5 Å². The van der Waals surface area contributed by atoms with Gasteiger partial charge in [0, 0.05) is 25.3 Å². The minimum Gasteiger partial charge on any atom is -0.458 e. The number of aliphatic hydroxyl groups is 1. The van der Waals surface area contributed by atoms with Crippen LogP contribution in [-0.4, -0.2) is 47.8 Å². The van der Waals surface area contributed by atoms with Crippen molar-refractivity contribution in [3.8, 4) is 0 Å². The van der Waals surface area contributed by atoms with Crippen molar-refractivity contribution in [1.82, 2.24) is 0 Å². The van der Waals surface area contributed by atoms with Gasteiger partial charge in [0.05, 0.1) is 11.5 Å². The molecule has 8 atom stereocenters. The SMILES string of the molecule is C=CC(C)=CCC1(C)C(C)CC(O)C23C(=CC(OC(=O)CCC)CC12)C(OC(=O)CCC)OC3OC(C)=O. The molecule has 38 heavy (non-hydrogen) atoms. The summed E-state index contributed by atoms with van der Waals surface area (Å²) in [6.45, 7) is 15.2. The molecule has 0 bridgehead atoms. The van der Waals surface area contributed by atoms with Crippen molar-refractivity contribution in [2.45, 2.75) is 111 Å². The molecule has 8 nitrogen and oxygen atoms in total. The van der Waals surface area contributed by atoms with E-state index in [2.05, 4.69) is 26.5 Å². The van der Waals surface area contributed by atoms with E-state index in [-0.39, 0.29) is 30.6 Å². The van der Waals surface area contributed by atoms with E-state index in [9.17, 15) is 19.5 Å². The molecule has 1 heterocycles. The summed E-state index contributed by atoms with van der Waals surface area (Å²) >= 11 is 0. The molecule has 0 aromatic rings. The van der Waals surface area contributed by atoms with E-state index < -0.39 is 47.6 Å². The van der Waals surface area contributed by atoms with Gasteiger partial charge < -0.3 is 19.3 Å². The smallest absolute Gasteiger partial charge is 0.308 e. The van der Waals surface area contributed by atoms with Gasteiger partial charge in [0.1, 0.15) is 6.10 Å². The average Bonchev–Trinajstić information content (AvgIpc) is 3.13. The first-order valence-corrected chi connectivity index (χ1v) is 13.8. The van der Waals surface area contributed by atoms with Gasteiger partial charge in [-0.2, -0.15) is 0 Å². The zero-order chi connectivity index (χ0) is 28.3. The molecule has 1 N–H and O–H groups in total. The van der Waals surface area contributed by atoms with Gasteiger partial charge in [0.25, 0.3) is 0 Å². The first-order chi connectivity index (χ1) is 17.9. The minimum absolute atomic E-state index is 0.0769. The second-order valence-electron chi connectivity index (χ2n) is 11.3. The molecule has 1 spiro atoms. The van der Waals surface area contributed by atoms with Crippen LogP contribution in [0.5, 0.6) is 0 Å². The fourth-order valence-corrected chi connectivity index (χ4v) is 6.53. The zero-order valence-corrected chi connectivity index (χ0v) is 23.7. The minimum atomic E-state index is -1.16. The van der Waals surface area contributed by atoms with E-state index in [0.29, 0.717) is 37.7 Å². The molecule has 8 unspecified atom stereocenters. The Kier molecular flexibility index (Phi) is 9.63. The van der Waals surface area contributed by atoms with Gasteiger partial charge in [-0.3, -0.25) is 19.1 Å². The van der Waals surface area contributed by atoms with Crippen LogP contribution in [0.15, 0.2) is 36.0 Å². The van der Waals surface area contributed by atoms with Crippen molar-refractivity contribution in [2.75, 3.05) is 0 Å². The molecule has 0 aromatic carbocycles. The van der Waals surface area contributed by atoms with Crippen molar-refractivity contribution in [1.29, 1.82) is 0 Å². The number of aliphatic hydroxyl groups excluding tert-OH is 1. The molecule has 2 aliphatic carbocycles. The topological polar surface area (TPSA) is 108 Å². The van der Waals surface area contributed by atoms with Crippen molar-refractivity contribution in [3.05, 3.63) is 36.0 Å². The predicted octanol–water partition coefficient (Wildman–Crippen LogP) is 5.15. The number of rotatable bonds is 10. The summed E-state index contributed by atoms with van der Waals surface area (Å²) in [6.07, 6.45) is 5.06. The highest BCUT2D eigenvalue weighted by molar-refractivity contribution is 5.70. The number of hydrogen-bond donors (Lipinski definition) is 1. The molecule has 8 heteroatoms. The maximum atomic E-state index is 12.6. The van der Waals surface area contributed by atoms with E-state index in [1.807, 2.05) is 20.8 Å². The monoisotopic (exact) mass is 532 g/mol. The molecule has 0 amide bonds. The van der Waals surface area contributed by atoms with Gasteiger partial charge in [0.2, 0.25) is 12.6 Å². The van der Waals surface area contributed by atoms with E-state index in [4.69, 9.17) is 18.9 Å². The van der Waals surface area contributed by atoms with E-state index in [0.717, 1.165) is 5.57 Å². The third-order valence-electron chi connectivity index (χ3n) is 8.74. The Labute approximate surface area is 226 Å². The third kappa shape index (κ3) is 5.62. The maximum absolute atomic E-state index is 12.6. The van der Waals surface area contributed by atoms with Gasteiger partial charge in [-0.25, -0.2) is 0 Å². The van der Waals surface area contributed by atoms with Gasteiger partial charge in [0.15, 0.2) is 0 Å². The Hall–Kier alpha value is -2.45. The fraction of sp³-hybridized carbons (Fsp3) is 0.700. The van der Waals surface area contributed by atoms with Crippen molar-refractivity contribution < 1.29 is 38.4 Å². The molecule has 1 saturated carbocycles. The second-order valence-corrected chi connectivity index (χ2v) is 11.3. The van der Waals surface area contributed by atoms with Crippen LogP contribution in [0.3, 0.4) is 0 Å². The Bertz CT molecular complexity index is 983. The van der Waals surface area contributed by atoms with Gasteiger partial charge >= 0.3 is 17.9 Å². The number of allylic oxidation sites excluding steroid dienone is 3. The highest BCUT2D eigenvalue weighted by Crippen LogP contribution is 2.67. The van der Waals surface area contributed by atoms with Crippen molar-refractivity contribution >= 4 is 17.9 Å². The lowest BCUT2D eigenvalue weighted by molar-refractivity contribution is -0.254. The Balaban J connectivity index is 2.20. The number of hydrogen-bond acceptors (Lipinski definition) is 8. The van der Waals surface area contributed by atoms with E-state index in [1.54, 1.807) is 12.2 Å². The molecule has 0 aromatic heterocycles. The van der Waals surface area contributed by atoms with Crippen LogP contribution in [-0.2, 0) is 33.3 Å². The number of carbonyl (C=O) groups excluding carboxylic acids is 3. The van der Waals surface area contributed by atoms with E-state index in [1.165, 1.54) is 6.92 Å². The number of esters is 3. The predicted molar refractivity (Wildman–Crippen MR) is 141 cm³/mol. The van der Waals surface area contributed by atoms with Gasteiger partial charge in [-0.1, -0.05) is 52.0 Å². The lowest BCUT2D eigenvalue weighted by Crippen LogP contribution is -2.63. The molecule has 1 saturated heterocycles. The third-order valence-corrected chi connectivity index (χ3v) is 8.74. The standard InChI is InChI=1S/C30H44O8/c1-8-11-25(33)36-21-16-22-27(37-26(34)12-9-2)38-28(35-20(6)31)30(22)23(17-21)29(7,14-13-18(4)10-3)19(5)15-24(30)32/h10,13,16,19,21,23-24,27-28,32H,3,8-9,11-12,14-15,17H2,1-2,4-7H3. The summed E-state index contributed by atoms with van der Waals surface area (Å²) < 4.78 is 23.5. The Morgan fingerprint density at radius 3 is 2.32 bits per heavy atom. The van der Waals surface area contributed by atoms with Gasteiger partial charge in [-0.05, 0) is 62.4 Å². The maximum Gasteiger partial charge on any atom is 0.308 e. The average molecular weight is 533 g/mol. The largest absolute Gasteiger partial charge is 0.458 e. The zero-order valence-electron chi connectivity index (χ0n) is 23.7. The van der Waals surface area contributed by atoms with Crippen LogP contribution in [0.25, 0.3) is 0 Å². The van der Waals surface area contributed by atoms with E-state index >= 15 is 0 Å². The molecule has 1 aliphatic heterocycles. The van der Waals surface area contributed by atoms with Gasteiger partial charge in [-0.15, -0.1) is 0 Å².